The average Bonchev–Trinajstić information content (AvgIpc) is 3.40. The number of sulfonamides is 1. The van der Waals surface area contributed by atoms with Gasteiger partial charge >= 0.3 is 0 Å². The molecule has 0 saturated carbocycles. The lowest BCUT2D eigenvalue weighted by molar-refractivity contribution is 0.0951. The van der Waals surface area contributed by atoms with E-state index in [1.807, 2.05) is 31.2 Å². The van der Waals surface area contributed by atoms with Crippen LogP contribution in [0.4, 0.5) is 5.69 Å². The fourth-order valence-corrected chi connectivity index (χ4v) is 5.41. The van der Waals surface area contributed by atoms with Crippen LogP contribution in [0, 0.1) is 6.92 Å². The van der Waals surface area contributed by atoms with Gasteiger partial charge in [-0.2, -0.15) is 4.31 Å². The Bertz CT molecular complexity index is 1300. The maximum absolute atomic E-state index is 12.9. The number of aryl methyl sites for hydroxylation is 1. The second kappa shape index (κ2) is 10.2. The third-order valence-corrected chi connectivity index (χ3v) is 7.69. The quantitative estimate of drug-likeness (QED) is 0.538. The lowest BCUT2D eigenvalue weighted by Crippen LogP contribution is -2.28. The van der Waals surface area contributed by atoms with Gasteiger partial charge in [-0.3, -0.25) is 9.59 Å². The first-order chi connectivity index (χ1) is 16.3. The molecule has 4 rings (SSSR count). The minimum Gasteiger partial charge on any atom is -0.348 e. The standard InChI is InChI=1S/C26H27N3O4S/c1-19-11-13-20(14-12-19)18-27-26(31)23-9-2-3-10-24(23)28-25(30)21-7-6-8-22(17-21)34(32,33)29-15-4-5-16-29/h2-3,6-14,17H,4-5,15-16,18H2,1H3,(H,27,31)(H,28,30). The van der Waals surface area contributed by atoms with Crippen LogP contribution in [0.5, 0.6) is 0 Å². The van der Waals surface area contributed by atoms with Gasteiger partial charge in [-0.05, 0) is 55.7 Å². The summed E-state index contributed by atoms with van der Waals surface area (Å²) < 4.78 is 27.2. The number of para-hydroxylation sites is 1. The van der Waals surface area contributed by atoms with Crippen molar-refractivity contribution in [1.29, 1.82) is 0 Å². The van der Waals surface area contributed by atoms with E-state index in [1.54, 1.807) is 36.4 Å². The first-order valence-corrected chi connectivity index (χ1v) is 12.6. The summed E-state index contributed by atoms with van der Waals surface area (Å²) in [5, 5.41) is 5.63. The first kappa shape index (κ1) is 23.7. The third-order valence-electron chi connectivity index (χ3n) is 5.79. The number of nitrogens with zero attached hydrogens (tertiary/aromatic N) is 1. The summed E-state index contributed by atoms with van der Waals surface area (Å²) in [4.78, 5) is 25.8. The fraction of sp³-hybridized carbons (Fsp3) is 0.231. The summed E-state index contributed by atoms with van der Waals surface area (Å²) in [6.07, 6.45) is 1.67. The van der Waals surface area contributed by atoms with Gasteiger partial charge in [-0.25, -0.2) is 8.42 Å². The van der Waals surface area contributed by atoms with Crippen molar-refractivity contribution in [3.8, 4) is 0 Å². The fourth-order valence-electron chi connectivity index (χ4n) is 3.84. The first-order valence-electron chi connectivity index (χ1n) is 11.2. The van der Waals surface area contributed by atoms with Crippen LogP contribution >= 0.6 is 0 Å². The molecule has 3 aromatic carbocycles. The number of hydrogen-bond acceptors (Lipinski definition) is 4. The van der Waals surface area contributed by atoms with Gasteiger partial charge in [-0.15, -0.1) is 0 Å². The van der Waals surface area contributed by atoms with Crippen LogP contribution in [0.15, 0.2) is 77.7 Å². The molecule has 2 amide bonds. The minimum atomic E-state index is -3.64. The molecule has 0 spiro atoms. The van der Waals surface area contributed by atoms with Crippen molar-refractivity contribution in [2.75, 3.05) is 18.4 Å². The van der Waals surface area contributed by atoms with Crippen LogP contribution in [0.25, 0.3) is 0 Å². The Kier molecular flexibility index (Phi) is 7.09. The topological polar surface area (TPSA) is 95.6 Å². The van der Waals surface area contributed by atoms with E-state index < -0.39 is 15.9 Å². The summed E-state index contributed by atoms with van der Waals surface area (Å²) >= 11 is 0. The predicted octanol–water partition coefficient (Wildman–Crippen LogP) is 3.96. The zero-order valence-corrected chi connectivity index (χ0v) is 19.8. The summed E-state index contributed by atoms with van der Waals surface area (Å²) in [6, 6.07) is 20.6. The van der Waals surface area contributed by atoms with Gasteiger partial charge in [0.05, 0.1) is 16.1 Å². The van der Waals surface area contributed by atoms with E-state index in [0.29, 0.717) is 30.9 Å². The molecular weight excluding hydrogens is 450 g/mol. The highest BCUT2D eigenvalue weighted by Crippen LogP contribution is 2.22. The molecule has 1 aliphatic rings. The molecule has 1 fully saturated rings. The van der Waals surface area contributed by atoms with Gasteiger partial charge in [0, 0.05) is 25.2 Å². The molecule has 1 aliphatic heterocycles. The number of rotatable bonds is 7. The van der Waals surface area contributed by atoms with Crippen molar-refractivity contribution in [2.45, 2.75) is 31.2 Å². The Morgan fingerprint density at radius 1 is 0.882 bits per heavy atom. The molecule has 0 bridgehead atoms. The lowest BCUT2D eigenvalue weighted by atomic mass is 10.1. The number of nitrogens with one attached hydrogen (secondary N) is 2. The minimum absolute atomic E-state index is 0.0891. The molecular formula is C26H27N3O4S. The largest absolute Gasteiger partial charge is 0.348 e. The molecule has 8 heteroatoms. The molecule has 0 aromatic heterocycles. The molecule has 0 radical (unpaired) electrons. The van der Waals surface area contributed by atoms with E-state index >= 15 is 0 Å². The second-order valence-corrected chi connectivity index (χ2v) is 10.2. The molecule has 0 atom stereocenters. The van der Waals surface area contributed by atoms with Gasteiger partial charge < -0.3 is 10.6 Å². The molecule has 0 aliphatic carbocycles. The zero-order valence-electron chi connectivity index (χ0n) is 19.0. The number of hydrogen-bond donors (Lipinski definition) is 2. The van der Waals surface area contributed by atoms with Gasteiger partial charge in [0.15, 0.2) is 0 Å². The number of anilines is 1. The smallest absolute Gasteiger partial charge is 0.255 e. The highest BCUT2D eigenvalue weighted by atomic mass is 32.2. The molecule has 7 nitrogen and oxygen atoms in total. The van der Waals surface area contributed by atoms with Gasteiger partial charge in [0.2, 0.25) is 10.0 Å². The predicted molar refractivity (Wildman–Crippen MR) is 131 cm³/mol. The van der Waals surface area contributed by atoms with Gasteiger partial charge in [-0.1, -0.05) is 48.0 Å². The van der Waals surface area contributed by atoms with Crippen LogP contribution in [-0.2, 0) is 16.6 Å². The molecule has 2 N–H and O–H groups in total. The van der Waals surface area contributed by atoms with E-state index in [4.69, 9.17) is 0 Å². The van der Waals surface area contributed by atoms with Crippen molar-refractivity contribution in [2.24, 2.45) is 0 Å². The van der Waals surface area contributed by atoms with E-state index in [2.05, 4.69) is 10.6 Å². The maximum atomic E-state index is 12.9. The summed E-state index contributed by atoms with van der Waals surface area (Å²) in [5.41, 5.74) is 2.98. The Morgan fingerprint density at radius 3 is 2.32 bits per heavy atom. The summed E-state index contributed by atoms with van der Waals surface area (Å²) in [6.45, 7) is 3.34. The SMILES string of the molecule is Cc1ccc(CNC(=O)c2ccccc2NC(=O)c2cccc(S(=O)(=O)N3CCCC3)c2)cc1. The van der Waals surface area contributed by atoms with Crippen LogP contribution < -0.4 is 10.6 Å². The van der Waals surface area contributed by atoms with Crippen LogP contribution in [0.3, 0.4) is 0 Å². The molecule has 34 heavy (non-hydrogen) atoms. The Hall–Kier alpha value is -3.49. The zero-order chi connectivity index (χ0) is 24.1. The van der Waals surface area contributed by atoms with Crippen molar-refractivity contribution in [1.82, 2.24) is 9.62 Å². The molecule has 176 valence electrons. The van der Waals surface area contributed by atoms with Crippen molar-refractivity contribution < 1.29 is 18.0 Å². The molecule has 1 saturated heterocycles. The van der Waals surface area contributed by atoms with Crippen LogP contribution in [0.2, 0.25) is 0 Å². The van der Waals surface area contributed by atoms with Gasteiger partial charge in [0.25, 0.3) is 11.8 Å². The Balaban J connectivity index is 1.48. The van der Waals surface area contributed by atoms with E-state index in [0.717, 1.165) is 24.0 Å². The number of carbonyl (C=O) groups is 2. The monoisotopic (exact) mass is 477 g/mol. The average molecular weight is 478 g/mol. The summed E-state index contributed by atoms with van der Waals surface area (Å²) in [7, 11) is -3.64. The van der Waals surface area contributed by atoms with E-state index in [9.17, 15) is 18.0 Å². The van der Waals surface area contributed by atoms with Crippen molar-refractivity contribution >= 4 is 27.5 Å². The highest BCUT2D eigenvalue weighted by molar-refractivity contribution is 7.89. The Morgan fingerprint density at radius 2 is 1.59 bits per heavy atom. The van der Waals surface area contributed by atoms with Crippen LogP contribution in [-0.4, -0.2) is 37.6 Å². The van der Waals surface area contributed by atoms with Gasteiger partial charge in [0.1, 0.15) is 0 Å². The van der Waals surface area contributed by atoms with E-state index in [-0.39, 0.29) is 16.4 Å². The third kappa shape index (κ3) is 5.35. The van der Waals surface area contributed by atoms with Crippen LogP contribution in [0.1, 0.15) is 44.7 Å². The second-order valence-electron chi connectivity index (χ2n) is 8.31. The molecule has 1 heterocycles. The lowest BCUT2D eigenvalue weighted by Gasteiger charge is -2.16. The summed E-state index contributed by atoms with van der Waals surface area (Å²) in [5.74, 6) is -0.806. The van der Waals surface area contributed by atoms with Crippen molar-refractivity contribution in [3.05, 3.63) is 95.1 Å². The normalized spacial score (nSPS) is 14.0. The molecule has 3 aromatic rings. The maximum Gasteiger partial charge on any atom is 0.255 e. The molecule has 0 unspecified atom stereocenters. The highest BCUT2D eigenvalue weighted by Gasteiger charge is 2.27. The number of carbonyl (C=O) groups excluding carboxylic acids is 2. The van der Waals surface area contributed by atoms with Crippen molar-refractivity contribution in [3.63, 3.8) is 0 Å². The van der Waals surface area contributed by atoms with E-state index in [1.165, 1.54) is 16.4 Å². The Labute approximate surface area is 199 Å². The number of benzene rings is 3. The number of amides is 2.